The molecule has 2 aliphatic rings. The van der Waals surface area contributed by atoms with Crippen LogP contribution in [0.25, 0.3) is 0 Å². The maximum absolute atomic E-state index is 11.5. The number of hydrogen-bond donors (Lipinski definition) is 2. The predicted octanol–water partition coefficient (Wildman–Crippen LogP) is 0.144. The van der Waals surface area contributed by atoms with Gasteiger partial charge in [0.05, 0.1) is 0 Å². The molecule has 0 radical (unpaired) electrons. The summed E-state index contributed by atoms with van der Waals surface area (Å²) in [5, 5.41) is 8.91. The van der Waals surface area contributed by atoms with E-state index in [4.69, 9.17) is 10.8 Å². The van der Waals surface area contributed by atoms with Gasteiger partial charge >= 0.3 is 5.97 Å². The van der Waals surface area contributed by atoms with Crippen LogP contribution in [0.5, 0.6) is 0 Å². The monoisotopic (exact) mass is 240 g/mol. The molecular formula is C10H12N2O3S. The molecule has 1 amide bonds. The molecule has 2 rings (SSSR count). The molecule has 0 spiro atoms. The number of carboxylic acid groups (broad SMARTS) is 1. The molecular weight excluding hydrogens is 228 g/mol. The summed E-state index contributed by atoms with van der Waals surface area (Å²) in [6.07, 6.45) is 3.49. The van der Waals surface area contributed by atoms with E-state index >= 15 is 0 Å². The van der Waals surface area contributed by atoms with E-state index in [0.717, 1.165) is 0 Å². The zero-order valence-corrected chi connectivity index (χ0v) is 9.53. The Bertz CT molecular complexity index is 416. The van der Waals surface area contributed by atoms with Crippen molar-refractivity contribution in [3.8, 4) is 0 Å². The number of carbonyl (C=O) groups is 2. The van der Waals surface area contributed by atoms with Gasteiger partial charge in [0.1, 0.15) is 17.1 Å². The number of aliphatic carboxylic acids is 1. The summed E-state index contributed by atoms with van der Waals surface area (Å²) >= 11 is 1.50. The van der Waals surface area contributed by atoms with Gasteiger partial charge in [0.15, 0.2) is 0 Å². The fourth-order valence-electron chi connectivity index (χ4n) is 1.87. The first kappa shape index (κ1) is 11.2. The van der Waals surface area contributed by atoms with Crippen LogP contribution in [0.2, 0.25) is 0 Å². The summed E-state index contributed by atoms with van der Waals surface area (Å²) in [7, 11) is 0. The number of fused-ring (bicyclic) bond motifs is 1. The summed E-state index contributed by atoms with van der Waals surface area (Å²) in [5.41, 5.74) is 6.35. The van der Waals surface area contributed by atoms with Gasteiger partial charge < -0.3 is 10.8 Å². The number of hydrogen-bond acceptors (Lipinski definition) is 4. The first-order valence-electron chi connectivity index (χ1n) is 4.87. The van der Waals surface area contributed by atoms with Crippen LogP contribution >= 0.6 is 11.8 Å². The van der Waals surface area contributed by atoms with Crippen molar-refractivity contribution in [2.45, 2.75) is 18.3 Å². The molecule has 5 nitrogen and oxygen atoms in total. The number of carbonyl (C=O) groups excluding carboxylic acids is 1. The molecule has 2 atom stereocenters. The van der Waals surface area contributed by atoms with E-state index in [2.05, 4.69) is 0 Å². The average molecular weight is 240 g/mol. The molecule has 0 aliphatic carbocycles. The Labute approximate surface area is 97.0 Å². The fourth-order valence-corrected chi connectivity index (χ4v) is 3.13. The predicted molar refractivity (Wildman–Crippen MR) is 60.5 cm³/mol. The van der Waals surface area contributed by atoms with E-state index in [-0.39, 0.29) is 17.0 Å². The lowest BCUT2D eigenvalue weighted by atomic mass is 10.0. The van der Waals surface area contributed by atoms with Gasteiger partial charge in [-0.2, -0.15) is 0 Å². The van der Waals surface area contributed by atoms with Crippen molar-refractivity contribution in [3.05, 3.63) is 23.4 Å². The number of amides is 1. The van der Waals surface area contributed by atoms with Crippen LogP contribution in [0.4, 0.5) is 0 Å². The van der Waals surface area contributed by atoms with Crippen molar-refractivity contribution < 1.29 is 14.7 Å². The number of rotatable bonds is 2. The Morgan fingerprint density at radius 1 is 1.69 bits per heavy atom. The minimum absolute atomic E-state index is 0.0774. The molecule has 0 aromatic rings. The fraction of sp³-hybridized carbons (Fsp3) is 0.400. The Kier molecular flexibility index (Phi) is 2.77. The van der Waals surface area contributed by atoms with Crippen molar-refractivity contribution in [1.29, 1.82) is 0 Å². The molecule has 2 heterocycles. The summed E-state index contributed by atoms with van der Waals surface area (Å²) < 4.78 is 0. The zero-order chi connectivity index (χ0) is 11.9. The highest BCUT2D eigenvalue weighted by molar-refractivity contribution is 8.00. The first-order valence-corrected chi connectivity index (χ1v) is 5.92. The number of nitrogens with two attached hydrogens (primary N) is 1. The van der Waals surface area contributed by atoms with Crippen molar-refractivity contribution in [3.63, 3.8) is 0 Å². The minimum atomic E-state index is -1.07. The number of β-lactam (4-membered cyclic amide) rings is 1. The van der Waals surface area contributed by atoms with Crippen LogP contribution in [0, 0.1) is 0 Å². The lowest BCUT2D eigenvalue weighted by molar-refractivity contribution is -0.147. The maximum atomic E-state index is 11.5. The second-order valence-electron chi connectivity index (χ2n) is 3.61. The third kappa shape index (κ3) is 1.45. The highest BCUT2D eigenvalue weighted by Crippen LogP contribution is 2.39. The lowest BCUT2D eigenvalue weighted by Crippen LogP contribution is -2.68. The van der Waals surface area contributed by atoms with Crippen LogP contribution in [-0.2, 0) is 9.59 Å². The Morgan fingerprint density at radius 3 is 2.94 bits per heavy atom. The molecule has 0 saturated carbocycles. The molecule has 1 saturated heterocycles. The largest absolute Gasteiger partial charge is 0.477 e. The van der Waals surface area contributed by atoms with E-state index in [1.165, 1.54) is 16.7 Å². The number of thioether (sulfide) groups is 1. The molecule has 0 aromatic carbocycles. The highest BCUT2D eigenvalue weighted by Gasteiger charge is 2.51. The van der Waals surface area contributed by atoms with Crippen LogP contribution in [-0.4, -0.2) is 39.1 Å². The SMILES string of the molecule is CC=CC1=C(C(=O)O)N2C(=O)[C@@H](N)C2SC1. The van der Waals surface area contributed by atoms with Gasteiger partial charge in [-0.25, -0.2) is 4.79 Å². The van der Waals surface area contributed by atoms with E-state index < -0.39 is 12.0 Å². The van der Waals surface area contributed by atoms with Crippen LogP contribution in [0.15, 0.2) is 23.4 Å². The lowest BCUT2D eigenvalue weighted by Gasteiger charge is -2.47. The van der Waals surface area contributed by atoms with E-state index in [1.807, 2.05) is 6.92 Å². The van der Waals surface area contributed by atoms with Crippen LogP contribution in [0.3, 0.4) is 0 Å². The highest BCUT2D eigenvalue weighted by atomic mass is 32.2. The van der Waals surface area contributed by atoms with Crippen LogP contribution < -0.4 is 5.73 Å². The molecule has 1 unspecified atom stereocenters. The molecule has 6 heteroatoms. The van der Waals surface area contributed by atoms with Gasteiger partial charge in [-0.3, -0.25) is 9.69 Å². The topological polar surface area (TPSA) is 83.6 Å². The third-order valence-corrected chi connectivity index (χ3v) is 3.93. The number of nitrogens with zero attached hydrogens (tertiary/aromatic N) is 1. The van der Waals surface area contributed by atoms with Gasteiger partial charge in [0.2, 0.25) is 5.91 Å². The average Bonchev–Trinajstić information content (AvgIpc) is 2.27. The second-order valence-corrected chi connectivity index (χ2v) is 4.72. The minimum Gasteiger partial charge on any atom is -0.477 e. The maximum Gasteiger partial charge on any atom is 0.352 e. The Morgan fingerprint density at radius 2 is 2.38 bits per heavy atom. The van der Waals surface area contributed by atoms with E-state index in [9.17, 15) is 9.59 Å². The van der Waals surface area contributed by atoms with Gasteiger partial charge in [-0.1, -0.05) is 12.2 Å². The van der Waals surface area contributed by atoms with E-state index in [0.29, 0.717) is 11.3 Å². The van der Waals surface area contributed by atoms with Gasteiger partial charge in [0, 0.05) is 5.75 Å². The normalized spacial score (nSPS) is 29.4. The first-order chi connectivity index (χ1) is 7.57. The molecule has 0 aromatic heterocycles. The van der Waals surface area contributed by atoms with Crippen molar-refractivity contribution >= 4 is 23.6 Å². The second kappa shape index (κ2) is 3.95. The standard InChI is InChI=1S/C10H12N2O3S/c1-2-3-5-4-16-9-6(11)8(13)12(9)7(5)10(14)15/h2-3,6,9H,4,11H2,1H3,(H,14,15)/t6-,9?/m1/s1. The molecule has 86 valence electrons. The number of allylic oxidation sites excluding steroid dienone is 2. The Balaban J connectivity index is 2.41. The quantitative estimate of drug-likeness (QED) is 0.671. The zero-order valence-electron chi connectivity index (χ0n) is 8.71. The summed E-state index contributed by atoms with van der Waals surface area (Å²) in [4.78, 5) is 24.0. The van der Waals surface area contributed by atoms with E-state index in [1.54, 1.807) is 12.2 Å². The molecule has 3 N–H and O–H groups in total. The Hall–Kier alpha value is -1.27. The van der Waals surface area contributed by atoms with Gasteiger partial charge in [-0.05, 0) is 12.5 Å². The summed E-state index contributed by atoms with van der Waals surface area (Å²) in [5.74, 6) is -0.802. The summed E-state index contributed by atoms with van der Waals surface area (Å²) in [6.45, 7) is 1.81. The van der Waals surface area contributed by atoms with Crippen molar-refractivity contribution in [2.75, 3.05) is 5.75 Å². The molecule has 16 heavy (non-hydrogen) atoms. The van der Waals surface area contributed by atoms with Crippen molar-refractivity contribution in [2.24, 2.45) is 5.73 Å². The summed E-state index contributed by atoms with van der Waals surface area (Å²) in [6, 6.07) is -0.563. The van der Waals surface area contributed by atoms with Gasteiger partial charge in [-0.15, -0.1) is 11.8 Å². The smallest absolute Gasteiger partial charge is 0.352 e. The van der Waals surface area contributed by atoms with Crippen LogP contribution in [0.1, 0.15) is 6.92 Å². The molecule has 1 fully saturated rings. The number of carboxylic acids is 1. The van der Waals surface area contributed by atoms with Crippen molar-refractivity contribution in [1.82, 2.24) is 4.90 Å². The molecule has 2 aliphatic heterocycles. The third-order valence-electron chi connectivity index (χ3n) is 2.61. The van der Waals surface area contributed by atoms with Gasteiger partial charge in [0.25, 0.3) is 0 Å². The molecule has 0 bridgehead atoms.